The van der Waals surface area contributed by atoms with Crippen molar-refractivity contribution in [1.29, 1.82) is 0 Å². The molecule has 0 radical (unpaired) electrons. The minimum Gasteiger partial charge on any atom is -0.496 e. The van der Waals surface area contributed by atoms with Crippen molar-refractivity contribution in [2.75, 3.05) is 26.8 Å². The number of ether oxygens (including phenoxy) is 2. The van der Waals surface area contributed by atoms with Gasteiger partial charge in [0.2, 0.25) is 0 Å². The number of nitrogens with zero attached hydrogens (tertiary/aromatic N) is 1. The molecule has 0 aliphatic carbocycles. The lowest BCUT2D eigenvalue weighted by molar-refractivity contribution is 0.0276. The van der Waals surface area contributed by atoms with Crippen LogP contribution in [0.1, 0.15) is 25.0 Å². The molecule has 1 aromatic carbocycles. The molecule has 3 rings (SSSR count). The van der Waals surface area contributed by atoms with Crippen molar-refractivity contribution in [3.05, 3.63) is 34.7 Å². The zero-order valence-corrected chi connectivity index (χ0v) is 13.6. The molecule has 1 aromatic heterocycles. The number of thiazole rings is 1. The largest absolute Gasteiger partial charge is 0.496 e. The highest BCUT2D eigenvalue weighted by molar-refractivity contribution is 7.10. The predicted octanol–water partition coefficient (Wildman–Crippen LogP) is 3.51. The summed E-state index contributed by atoms with van der Waals surface area (Å²) < 4.78 is 11.1. The molecular formula is C16H22N2O2S. The molecule has 1 unspecified atom stereocenters. The van der Waals surface area contributed by atoms with Crippen molar-refractivity contribution in [1.82, 2.24) is 10.3 Å². The van der Waals surface area contributed by atoms with Crippen LogP contribution in [0.25, 0.3) is 11.3 Å². The van der Waals surface area contributed by atoms with Crippen LogP contribution in [-0.2, 0) is 4.74 Å². The van der Waals surface area contributed by atoms with E-state index in [1.165, 1.54) is 0 Å². The van der Waals surface area contributed by atoms with Crippen molar-refractivity contribution in [3.8, 4) is 17.0 Å². The summed E-state index contributed by atoms with van der Waals surface area (Å²) in [5, 5.41) is 6.40. The van der Waals surface area contributed by atoms with Gasteiger partial charge in [-0.05, 0) is 12.1 Å². The lowest BCUT2D eigenvalue weighted by Gasteiger charge is -2.21. The van der Waals surface area contributed by atoms with E-state index in [9.17, 15) is 0 Å². The van der Waals surface area contributed by atoms with E-state index in [1.54, 1.807) is 18.4 Å². The van der Waals surface area contributed by atoms with Gasteiger partial charge in [-0.1, -0.05) is 26.0 Å². The van der Waals surface area contributed by atoms with E-state index < -0.39 is 0 Å². The van der Waals surface area contributed by atoms with E-state index in [4.69, 9.17) is 9.47 Å². The third-order valence-electron chi connectivity index (χ3n) is 3.11. The van der Waals surface area contributed by atoms with Crippen LogP contribution in [0.15, 0.2) is 29.6 Å². The van der Waals surface area contributed by atoms with Gasteiger partial charge < -0.3 is 14.8 Å². The van der Waals surface area contributed by atoms with Gasteiger partial charge in [0.1, 0.15) is 16.9 Å². The van der Waals surface area contributed by atoms with Crippen LogP contribution in [0.5, 0.6) is 5.75 Å². The highest BCUT2D eigenvalue weighted by atomic mass is 32.1. The molecule has 1 aliphatic rings. The van der Waals surface area contributed by atoms with Gasteiger partial charge in [-0.25, -0.2) is 4.98 Å². The second kappa shape index (κ2) is 8.12. The zero-order valence-electron chi connectivity index (χ0n) is 12.8. The first-order valence-electron chi connectivity index (χ1n) is 7.29. The monoisotopic (exact) mass is 306 g/mol. The molecule has 2 heterocycles. The summed E-state index contributed by atoms with van der Waals surface area (Å²) in [5.74, 6) is 0.849. The van der Waals surface area contributed by atoms with Gasteiger partial charge in [-0.3, -0.25) is 0 Å². The van der Waals surface area contributed by atoms with Crippen molar-refractivity contribution >= 4 is 11.3 Å². The standard InChI is InChI=1S/C14H16N2O2S.C2H6/c1-17-12-5-3-2-4-10(12)11-9-19-14(16-11)13-8-15-6-7-18-13;1-2/h2-5,9,13,15H,6-8H2,1H3;1-2H3. The summed E-state index contributed by atoms with van der Waals surface area (Å²) in [7, 11) is 1.68. The maximum Gasteiger partial charge on any atom is 0.128 e. The molecule has 0 amide bonds. The fraction of sp³-hybridized carbons (Fsp3) is 0.438. The molecule has 1 fully saturated rings. The molecule has 0 spiro atoms. The van der Waals surface area contributed by atoms with Crippen molar-refractivity contribution in [2.24, 2.45) is 0 Å². The lowest BCUT2D eigenvalue weighted by atomic mass is 10.1. The van der Waals surface area contributed by atoms with Crippen molar-refractivity contribution in [3.63, 3.8) is 0 Å². The Hall–Kier alpha value is -1.43. The Labute approximate surface area is 130 Å². The van der Waals surface area contributed by atoms with Crippen LogP contribution >= 0.6 is 11.3 Å². The highest BCUT2D eigenvalue weighted by Gasteiger charge is 2.20. The summed E-state index contributed by atoms with van der Waals surface area (Å²) >= 11 is 1.64. The van der Waals surface area contributed by atoms with Gasteiger partial charge in [0.15, 0.2) is 0 Å². The first-order valence-corrected chi connectivity index (χ1v) is 8.17. The van der Waals surface area contributed by atoms with Crippen LogP contribution in [0.3, 0.4) is 0 Å². The number of aromatic nitrogens is 1. The number of morpholine rings is 1. The number of rotatable bonds is 3. The van der Waals surface area contributed by atoms with E-state index in [1.807, 2.05) is 38.1 Å². The Morgan fingerprint density at radius 3 is 2.86 bits per heavy atom. The Morgan fingerprint density at radius 1 is 1.33 bits per heavy atom. The molecule has 1 atom stereocenters. The van der Waals surface area contributed by atoms with Crippen molar-refractivity contribution < 1.29 is 9.47 Å². The molecule has 0 saturated carbocycles. The maximum absolute atomic E-state index is 5.72. The average molecular weight is 306 g/mol. The van der Waals surface area contributed by atoms with E-state index >= 15 is 0 Å². The Balaban J connectivity index is 0.000000774. The van der Waals surface area contributed by atoms with Gasteiger partial charge in [0.25, 0.3) is 0 Å². The topological polar surface area (TPSA) is 43.4 Å². The normalized spacial score (nSPS) is 17.8. The average Bonchev–Trinajstić information content (AvgIpc) is 3.07. The summed E-state index contributed by atoms with van der Waals surface area (Å²) in [6.45, 7) is 6.49. The fourth-order valence-electron chi connectivity index (χ4n) is 2.14. The van der Waals surface area contributed by atoms with E-state index in [0.717, 1.165) is 41.7 Å². The second-order valence-electron chi connectivity index (χ2n) is 4.33. The molecule has 1 aliphatic heterocycles. The second-order valence-corrected chi connectivity index (χ2v) is 5.22. The molecule has 1 N–H and O–H groups in total. The Kier molecular flexibility index (Phi) is 6.17. The molecule has 2 aromatic rings. The summed E-state index contributed by atoms with van der Waals surface area (Å²) in [6, 6.07) is 7.93. The number of hydrogen-bond donors (Lipinski definition) is 1. The molecule has 1 saturated heterocycles. The summed E-state index contributed by atoms with van der Waals surface area (Å²) in [5.41, 5.74) is 1.97. The van der Waals surface area contributed by atoms with Crippen LogP contribution < -0.4 is 10.1 Å². The van der Waals surface area contributed by atoms with E-state index in [2.05, 4.69) is 15.7 Å². The zero-order chi connectivity index (χ0) is 15.1. The third-order valence-corrected chi connectivity index (χ3v) is 4.04. The van der Waals surface area contributed by atoms with Gasteiger partial charge in [-0.15, -0.1) is 11.3 Å². The third kappa shape index (κ3) is 3.81. The molecule has 114 valence electrons. The number of benzene rings is 1. The van der Waals surface area contributed by atoms with Gasteiger partial charge >= 0.3 is 0 Å². The van der Waals surface area contributed by atoms with Crippen LogP contribution in [0.4, 0.5) is 0 Å². The molecule has 5 heteroatoms. The molecular weight excluding hydrogens is 284 g/mol. The van der Waals surface area contributed by atoms with Crippen LogP contribution in [0, 0.1) is 0 Å². The lowest BCUT2D eigenvalue weighted by Crippen LogP contribution is -2.33. The number of hydrogen-bond acceptors (Lipinski definition) is 5. The van der Waals surface area contributed by atoms with Crippen LogP contribution in [-0.4, -0.2) is 31.8 Å². The SMILES string of the molecule is CC.COc1ccccc1-c1csc(C2CNCCO2)n1. The number of nitrogens with one attached hydrogen (secondary N) is 1. The fourth-order valence-corrected chi connectivity index (χ4v) is 3.01. The first kappa shape index (κ1) is 15.9. The molecule has 0 bridgehead atoms. The predicted molar refractivity (Wildman–Crippen MR) is 87.0 cm³/mol. The quantitative estimate of drug-likeness (QED) is 0.942. The van der Waals surface area contributed by atoms with E-state index in [0.29, 0.717) is 0 Å². The molecule has 21 heavy (non-hydrogen) atoms. The maximum atomic E-state index is 5.72. The van der Waals surface area contributed by atoms with Gasteiger partial charge in [0.05, 0.1) is 19.4 Å². The van der Waals surface area contributed by atoms with Gasteiger partial charge in [-0.2, -0.15) is 0 Å². The van der Waals surface area contributed by atoms with Crippen molar-refractivity contribution in [2.45, 2.75) is 20.0 Å². The minimum atomic E-state index is 0.0715. The smallest absolute Gasteiger partial charge is 0.128 e. The minimum absolute atomic E-state index is 0.0715. The summed E-state index contributed by atoms with van der Waals surface area (Å²) in [6.07, 6.45) is 0.0715. The van der Waals surface area contributed by atoms with Gasteiger partial charge in [0, 0.05) is 24.0 Å². The van der Waals surface area contributed by atoms with Crippen LogP contribution in [0.2, 0.25) is 0 Å². The Bertz CT molecular complexity index is 551. The highest BCUT2D eigenvalue weighted by Crippen LogP contribution is 2.32. The molecule has 4 nitrogen and oxygen atoms in total. The summed E-state index contributed by atoms with van der Waals surface area (Å²) in [4.78, 5) is 4.69. The van der Waals surface area contributed by atoms with E-state index in [-0.39, 0.29) is 6.10 Å². The Morgan fingerprint density at radius 2 is 2.14 bits per heavy atom. The number of para-hydroxylation sites is 1. The first-order chi connectivity index (χ1) is 10.4. The number of methoxy groups -OCH3 is 1.